The molecule has 0 saturated heterocycles. The first-order valence-electron chi connectivity index (χ1n) is 6.97. The van der Waals surface area contributed by atoms with Crippen LogP contribution in [-0.2, 0) is 0 Å². The fourth-order valence-corrected chi connectivity index (χ4v) is 2.12. The number of rotatable bonds is 4. The van der Waals surface area contributed by atoms with Crippen molar-refractivity contribution in [3.63, 3.8) is 0 Å². The van der Waals surface area contributed by atoms with Gasteiger partial charge in [0.25, 0.3) is 5.91 Å². The van der Waals surface area contributed by atoms with Crippen LogP contribution >= 0.6 is 0 Å². The standard InChI is InChI=1S/C15H15N7O.Na/c1-9-7-12(10-3-5-11(16-2)6-4-10)17-13(8-9)14(23)18-15-19-21-22-20-15;/h3-8,16H,1-2H3,(H2,18,19,20,21,22,23);. The molecule has 2 heterocycles. The SMILES string of the molecule is CNc1ccc(-c2cc(C)cc(C(=O)Nc3nnn[nH]3)n2)cc1.[Na]. The molecule has 0 aliphatic rings. The van der Waals surface area contributed by atoms with Crippen LogP contribution in [-0.4, -0.2) is 68.1 Å². The van der Waals surface area contributed by atoms with E-state index in [9.17, 15) is 4.79 Å². The first-order chi connectivity index (χ1) is 11.2. The number of hydrogen-bond donors (Lipinski definition) is 3. The Kier molecular flexibility index (Phi) is 6.02. The number of carbonyl (C=O) groups is 1. The van der Waals surface area contributed by atoms with Gasteiger partial charge in [0.05, 0.1) is 5.69 Å². The van der Waals surface area contributed by atoms with Crippen LogP contribution in [0.5, 0.6) is 0 Å². The summed E-state index contributed by atoms with van der Waals surface area (Å²) in [6, 6.07) is 11.5. The van der Waals surface area contributed by atoms with Crippen molar-refractivity contribution in [3.05, 3.63) is 47.7 Å². The third-order valence-electron chi connectivity index (χ3n) is 3.25. The van der Waals surface area contributed by atoms with E-state index in [1.165, 1.54) is 0 Å². The Morgan fingerprint density at radius 2 is 1.92 bits per heavy atom. The van der Waals surface area contributed by atoms with E-state index in [0.29, 0.717) is 5.69 Å². The summed E-state index contributed by atoms with van der Waals surface area (Å²) in [5, 5.41) is 18.5. The molecular formula is C15H15N7NaO. The van der Waals surface area contributed by atoms with Crippen molar-refractivity contribution in [2.75, 3.05) is 17.7 Å². The van der Waals surface area contributed by atoms with Gasteiger partial charge < -0.3 is 5.32 Å². The van der Waals surface area contributed by atoms with Crippen LogP contribution in [0.25, 0.3) is 11.3 Å². The fourth-order valence-electron chi connectivity index (χ4n) is 2.12. The van der Waals surface area contributed by atoms with Gasteiger partial charge in [-0.3, -0.25) is 10.1 Å². The number of aromatic nitrogens is 5. The first-order valence-corrected chi connectivity index (χ1v) is 6.97. The first kappa shape index (κ1) is 18.1. The van der Waals surface area contributed by atoms with Crippen LogP contribution in [0, 0.1) is 6.92 Å². The maximum atomic E-state index is 12.2. The van der Waals surface area contributed by atoms with Crippen molar-refractivity contribution in [3.8, 4) is 11.3 Å². The molecule has 0 unspecified atom stereocenters. The molecule has 3 rings (SSSR count). The molecule has 1 aromatic carbocycles. The minimum absolute atomic E-state index is 0. The smallest absolute Gasteiger partial charge is 0.276 e. The minimum Gasteiger partial charge on any atom is -0.388 e. The topological polar surface area (TPSA) is 108 Å². The molecular weight excluding hydrogens is 317 g/mol. The number of nitrogens with one attached hydrogen (secondary N) is 3. The Hall–Kier alpha value is -2.29. The van der Waals surface area contributed by atoms with Gasteiger partial charge in [-0.2, -0.15) is 0 Å². The maximum Gasteiger partial charge on any atom is 0.276 e. The number of H-pyrrole nitrogens is 1. The van der Waals surface area contributed by atoms with Crippen LogP contribution in [0.3, 0.4) is 0 Å². The van der Waals surface area contributed by atoms with Gasteiger partial charge in [-0.1, -0.05) is 17.2 Å². The predicted octanol–water partition coefficient (Wildman–Crippen LogP) is 1.48. The van der Waals surface area contributed by atoms with Gasteiger partial charge in [0, 0.05) is 47.9 Å². The summed E-state index contributed by atoms with van der Waals surface area (Å²) in [5.41, 5.74) is 3.91. The number of hydrogen-bond acceptors (Lipinski definition) is 6. The predicted molar refractivity (Wildman–Crippen MR) is 91.8 cm³/mol. The largest absolute Gasteiger partial charge is 0.388 e. The second kappa shape index (κ2) is 8.00. The number of benzene rings is 1. The van der Waals surface area contributed by atoms with Crippen molar-refractivity contribution >= 4 is 47.1 Å². The number of carbonyl (C=O) groups excluding carboxylic acids is 1. The van der Waals surface area contributed by atoms with Gasteiger partial charge in [0.15, 0.2) is 0 Å². The summed E-state index contributed by atoms with van der Waals surface area (Å²) in [4.78, 5) is 16.7. The van der Waals surface area contributed by atoms with Crippen LogP contribution in [0.15, 0.2) is 36.4 Å². The molecule has 0 bridgehead atoms. The Balaban J connectivity index is 0.00000208. The maximum absolute atomic E-state index is 12.2. The summed E-state index contributed by atoms with van der Waals surface area (Å²) in [6.07, 6.45) is 0. The number of tetrazole rings is 1. The number of pyridine rings is 1. The van der Waals surface area contributed by atoms with Gasteiger partial charge in [-0.05, 0) is 47.2 Å². The Bertz CT molecular complexity index is 818. The van der Waals surface area contributed by atoms with Gasteiger partial charge in [0.1, 0.15) is 5.69 Å². The van der Waals surface area contributed by atoms with Crippen LogP contribution in [0.1, 0.15) is 16.1 Å². The molecule has 3 N–H and O–H groups in total. The van der Waals surface area contributed by atoms with Crippen LogP contribution in [0.2, 0.25) is 0 Å². The Labute approximate surface area is 160 Å². The molecule has 1 amide bonds. The van der Waals surface area contributed by atoms with Crippen LogP contribution < -0.4 is 10.6 Å². The zero-order valence-corrected chi connectivity index (χ0v) is 15.7. The third kappa shape index (κ3) is 4.16. The van der Waals surface area contributed by atoms with E-state index in [2.05, 4.69) is 36.2 Å². The molecule has 0 saturated carbocycles. The molecule has 0 fully saturated rings. The molecule has 0 aliphatic carbocycles. The van der Waals surface area contributed by atoms with Crippen LogP contribution in [0.4, 0.5) is 11.6 Å². The van der Waals surface area contributed by atoms with Crippen molar-refractivity contribution in [1.82, 2.24) is 25.6 Å². The zero-order valence-electron chi connectivity index (χ0n) is 13.7. The number of amides is 1. The van der Waals surface area contributed by atoms with Gasteiger partial charge in [-0.25, -0.2) is 10.1 Å². The fraction of sp³-hybridized carbons (Fsp3) is 0.133. The quantitative estimate of drug-likeness (QED) is 0.625. The average Bonchev–Trinajstić information content (AvgIpc) is 3.07. The molecule has 0 aliphatic heterocycles. The Morgan fingerprint density at radius 3 is 2.54 bits per heavy atom. The van der Waals surface area contributed by atoms with Crippen molar-refractivity contribution < 1.29 is 4.79 Å². The van der Waals surface area contributed by atoms with Gasteiger partial charge in [0.2, 0.25) is 5.95 Å². The summed E-state index contributed by atoms with van der Waals surface area (Å²) in [6.45, 7) is 1.92. The molecule has 0 atom stereocenters. The van der Waals surface area contributed by atoms with E-state index < -0.39 is 0 Å². The third-order valence-corrected chi connectivity index (χ3v) is 3.25. The van der Waals surface area contributed by atoms with E-state index in [0.717, 1.165) is 22.5 Å². The number of aryl methyl sites for hydroxylation is 1. The normalized spacial score (nSPS) is 9.92. The summed E-state index contributed by atoms with van der Waals surface area (Å²) in [5.74, 6) is -0.196. The van der Waals surface area contributed by atoms with Gasteiger partial charge in [-0.15, -0.1) is 0 Å². The summed E-state index contributed by atoms with van der Waals surface area (Å²) < 4.78 is 0. The molecule has 0 spiro atoms. The minimum atomic E-state index is -0.375. The van der Waals surface area contributed by atoms with Crippen molar-refractivity contribution in [2.24, 2.45) is 0 Å². The van der Waals surface area contributed by atoms with E-state index in [1.807, 2.05) is 44.3 Å². The molecule has 8 nitrogen and oxygen atoms in total. The molecule has 9 heteroatoms. The summed E-state index contributed by atoms with van der Waals surface area (Å²) in [7, 11) is 1.86. The molecule has 117 valence electrons. The monoisotopic (exact) mass is 332 g/mol. The second-order valence-electron chi connectivity index (χ2n) is 4.95. The van der Waals surface area contributed by atoms with E-state index in [4.69, 9.17) is 0 Å². The number of aromatic amines is 1. The zero-order chi connectivity index (χ0) is 16.2. The van der Waals surface area contributed by atoms with E-state index >= 15 is 0 Å². The second-order valence-corrected chi connectivity index (χ2v) is 4.95. The molecule has 24 heavy (non-hydrogen) atoms. The molecule has 1 radical (unpaired) electrons. The van der Waals surface area contributed by atoms with Crippen molar-refractivity contribution in [2.45, 2.75) is 6.92 Å². The number of nitrogens with zero attached hydrogens (tertiary/aromatic N) is 4. The average molecular weight is 332 g/mol. The van der Waals surface area contributed by atoms with Gasteiger partial charge >= 0.3 is 0 Å². The molecule has 2 aromatic heterocycles. The number of anilines is 2. The van der Waals surface area contributed by atoms with E-state index in [1.54, 1.807) is 6.07 Å². The Morgan fingerprint density at radius 1 is 1.17 bits per heavy atom. The van der Waals surface area contributed by atoms with Crippen molar-refractivity contribution in [1.29, 1.82) is 0 Å². The van der Waals surface area contributed by atoms with E-state index in [-0.39, 0.29) is 41.4 Å². The summed E-state index contributed by atoms with van der Waals surface area (Å²) >= 11 is 0. The molecule has 3 aromatic rings.